The van der Waals surface area contributed by atoms with Gasteiger partial charge in [-0.3, -0.25) is 9.78 Å². The van der Waals surface area contributed by atoms with E-state index in [0.717, 1.165) is 0 Å². The maximum absolute atomic E-state index is 13.1. The molecular formula is C11H12F2N2O. The smallest absolute Gasteiger partial charge is 0.263 e. The molecule has 1 aromatic rings. The summed E-state index contributed by atoms with van der Waals surface area (Å²) in [5.74, 6) is -5.45. The first-order chi connectivity index (χ1) is 7.46. The van der Waals surface area contributed by atoms with Crippen LogP contribution in [0.3, 0.4) is 0 Å². The lowest BCUT2D eigenvalue weighted by Gasteiger charge is -2.16. The van der Waals surface area contributed by atoms with Crippen LogP contribution in [-0.4, -0.2) is 23.9 Å². The lowest BCUT2D eigenvalue weighted by atomic mass is 10.3. The number of halogens is 2. The molecule has 1 aromatic heterocycles. The summed E-state index contributed by atoms with van der Waals surface area (Å²) in [6, 6.07) is 3.32. The van der Waals surface area contributed by atoms with Gasteiger partial charge in [0.15, 0.2) is 0 Å². The second-order valence-corrected chi connectivity index (χ2v) is 4.05. The maximum Gasteiger partial charge on any atom is 0.263 e. The van der Waals surface area contributed by atoms with Crippen molar-refractivity contribution in [2.45, 2.75) is 12.8 Å². The molecule has 2 rings (SSSR count). The Hall–Kier alpha value is -1.52. The minimum atomic E-state index is -2.85. The molecule has 1 aliphatic carbocycles. The van der Waals surface area contributed by atoms with Gasteiger partial charge in [-0.05, 0) is 12.1 Å². The van der Waals surface area contributed by atoms with Crippen molar-refractivity contribution in [3.05, 3.63) is 24.5 Å². The van der Waals surface area contributed by atoms with Crippen molar-refractivity contribution in [3.63, 3.8) is 0 Å². The third kappa shape index (κ3) is 1.56. The lowest BCUT2D eigenvalue weighted by Crippen LogP contribution is -2.29. The molecule has 3 nitrogen and oxygen atoms in total. The van der Waals surface area contributed by atoms with Crippen LogP contribution in [0.25, 0.3) is 0 Å². The molecular weight excluding hydrogens is 214 g/mol. The standard InChI is InChI=1S/C11H12F2N2O/c1-7-9(11(7,12)13)10(16)15(2)8-4-3-5-14-6-8/h3-7,9H,1-2H3/t7-,9-/m1/s1. The fourth-order valence-corrected chi connectivity index (χ4v) is 1.75. The molecule has 2 atom stereocenters. The van der Waals surface area contributed by atoms with Crippen molar-refractivity contribution in [1.29, 1.82) is 0 Å². The van der Waals surface area contributed by atoms with E-state index in [1.165, 1.54) is 25.1 Å². The van der Waals surface area contributed by atoms with Crippen molar-refractivity contribution >= 4 is 11.6 Å². The third-order valence-electron chi connectivity index (χ3n) is 3.04. The monoisotopic (exact) mass is 226 g/mol. The van der Waals surface area contributed by atoms with Crippen molar-refractivity contribution in [1.82, 2.24) is 4.98 Å². The quantitative estimate of drug-likeness (QED) is 0.772. The van der Waals surface area contributed by atoms with Gasteiger partial charge >= 0.3 is 0 Å². The van der Waals surface area contributed by atoms with Crippen molar-refractivity contribution in [2.24, 2.45) is 11.8 Å². The molecule has 5 heteroatoms. The van der Waals surface area contributed by atoms with Crippen LogP contribution in [0, 0.1) is 11.8 Å². The van der Waals surface area contributed by atoms with E-state index in [9.17, 15) is 13.6 Å². The van der Waals surface area contributed by atoms with Crippen molar-refractivity contribution in [3.8, 4) is 0 Å². The summed E-state index contributed by atoms with van der Waals surface area (Å²) in [5.41, 5.74) is 0.530. The Morgan fingerprint density at radius 3 is 2.62 bits per heavy atom. The normalized spacial score (nSPS) is 26.2. The number of hydrogen-bond donors (Lipinski definition) is 0. The van der Waals surface area contributed by atoms with Gasteiger partial charge in [-0.2, -0.15) is 0 Å². The van der Waals surface area contributed by atoms with Gasteiger partial charge in [0.1, 0.15) is 5.92 Å². The highest BCUT2D eigenvalue weighted by atomic mass is 19.3. The zero-order valence-corrected chi connectivity index (χ0v) is 9.02. The fourth-order valence-electron chi connectivity index (χ4n) is 1.75. The number of alkyl halides is 2. The summed E-state index contributed by atoms with van der Waals surface area (Å²) < 4.78 is 26.1. The fraction of sp³-hybridized carbons (Fsp3) is 0.455. The molecule has 1 amide bonds. The first kappa shape index (κ1) is 11.0. The Bertz CT molecular complexity index is 408. The number of hydrogen-bond acceptors (Lipinski definition) is 2. The Morgan fingerprint density at radius 1 is 1.56 bits per heavy atom. The van der Waals surface area contributed by atoms with Gasteiger partial charge in [0, 0.05) is 19.2 Å². The Kier molecular flexibility index (Phi) is 2.40. The predicted molar refractivity (Wildman–Crippen MR) is 55.2 cm³/mol. The van der Waals surface area contributed by atoms with Gasteiger partial charge in [0.2, 0.25) is 5.91 Å². The topological polar surface area (TPSA) is 33.2 Å². The summed E-state index contributed by atoms with van der Waals surface area (Å²) in [6.07, 6.45) is 3.04. The van der Waals surface area contributed by atoms with Crippen molar-refractivity contribution < 1.29 is 13.6 Å². The van der Waals surface area contributed by atoms with Gasteiger partial charge < -0.3 is 4.90 Å². The maximum atomic E-state index is 13.1. The second-order valence-electron chi connectivity index (χ2n) is 4.05. The van der Waals surface area contributed by atoms with Crippen LogP contribution < -0.4 is 4.90 Å². The minimum Gasteiger partial charge on any atom is -0.314 e. The second kappa shape index (κ2) is 3.50. The average Bonchev–Trinajstić information content (AvgIpc) is 2.77. The molecule has 0 radical (unpaired) electrons. The number of carbonyl (C=O) groups is 1. The van der Waals surface area contributed by atoms with E-state index in [0.29, 0.717) is 5.69 Å². The first-order valence-corrected chi connectivity index (χ1v) is 5.01. The molecule has 1 fully saturated rings. The number of anilines is 1. The van der Waals surface area contributed by atoms with Gasteiger partial charge in [0.25, 0.3) is 5.92 Å². The van der Waals surface area contributed by atoms with E-state index < -0.39 is 23.7 Å². The molecule has 0 spiro atoms. The number of aromatic nitrogens is 1. The zero-order valence-electron chi connectivity index (χ0n) is 9.02. The molecule has 1 heterocycles. The van der Waals surface area contributed by atoms with E-state index in [-0.39, 0.29) is 0 Å². The molecule has 0 bridgehead atoms. The summed E-state index contributed by atoms with van der Waals surface area (Å²) >= 11 is 0. The molecule has 0 unspecified atom stereocenters. The van der Waals surface area contributed by atoms with E-state index in [1.807, 2.05) is 0 Å². The highest BCUT2D eigenvalue weighted by Gasteiger charge is 2.69. The predicted octanol–water partition coefficient (Wildman–Crippen LogP) is 1.95. The molecule has 0 aliphatic heterocycles. The van der Waals surface area contributed by atoms with E-state index in [2.05, 4.69) is 4.98 Å². The van der Waals surface area contributed by atoms with Crippen LogP contribution in [0.2, 0.25) is 0 Å². The lowest BCUT2D eigenvalue weighted by molar-refractivity contribution is -0.121. The van der Waals surface area contributed by atoms with Crippen LogP contribution in [0.4, 0.5) is 14.5 Å². The molecule has 1 saturated carbocycles. The van der Waals surface area contributed by atoms with Crippen LogP contribution in [0.15, 0.2) is 24.5 Å². The average molecular weight is 226 g/mol. The summed E-state index contributed by atoms with van der Waals surface area (Å²) in [7, 11) is 1.49. The molecule has 1 aliphatic rings. The molecule has 86 valence electrons. The van der Waals surface area contributed by atoms with Crippen LogP contribution in [0.5, 0.6) is 0 Å². The number of carbonyl (C=O) groups excluding carboxylic acids is 1. The highest BCUT2D eigenvalue weighted by Crippen LogP contribution is 2.55. The van der Waals surface area contributed by atoms with Crippen LogP contribution in [0.1, 0.15) is 6.92 Å². The minimum absolute atomic E-state index is 0.530. The summed E-state index contributed by atoms with van der Waals surface area (Å²) in [6.45, 7) is 1.39. The van der Waals surface area contributed by atoms with Crippen LogP contribution >= 0.6 is 0 Å². The van der Waals surface area contributed by atoms with Crippen molar-refractivity contribution in [2.75, 3.05) is 11.9 Å². The number of pyridine rings is 1. The largest absolute Gasteiger partial charge is 0.314 e. The SMILES string of the molecule is C[C@@H]1[C@H](C(=O)N(C)c2cccnc2)C1(F)F. The van der Waals surface area contributed by atoms with E-state index in [4.69, 9.17) is 0 Å². The van der Waals surface area contributed by atoms with Gasteiger partial charge in [0.05, 0.1) is 11.9 Å². The van der Waals surface area contributed by atoms with Gasteiger partial charge in [-0.1, -0.05) is 6.92 Å². The van der Waals surface area contributed by atoms with E-state index in [1.54, 1.807) is 18.3 Å². The Morgan fingerprint density at radius 2 is 2.19 bits per heavy atom. The summed E-state index contributed by atoms with van der Waals surface area (Å²) in [4.78, 5) is 16.8. The number of nitrogens with zero attached hydrogens (tertiary/aromatic N) is 2. The molecule has 16 heavy (non-hydrogen) atoms. The van der Waals surface area contributed by atoms with Gasteiger partial charge in [-0.15, -0.1) is 0 Å². The Balaban J connectivity index is 2.13. The number of rotatable bonds is 2. The molecule has 0 aromatic carbocycles. The third-order valence-corrected chi connectivity index (χ3v) is 3.04. The number of amides is 1. The van der Waals surface area contributed by atoms with Crippen LogP contribution in [-0.2, 0) is 4.79 Å². The molecule has 0 saturated heterocycles. The Labute approximate surface area is 92.1 Å². The molecule has 0 N–H and O–H groups in total. The van der Waals surface area contributed by atoms with Gasteiger partial charge in [-0.25, -0.2) is 8.78 Å². The van der Waals surface area contributed by atoms with E-state index >= 15 is 0 Å². The summed E-state index contributed by atoms with van der Waals surface area (Å²) in [5, 5.41) is 0. The first-order valence-electron chi connectivity index (χ1n) is 5.01. The highest BCUT2D eigenvalue weighted by molar-refractivity contribution is 5.97. The zero-order chi connectivity index (χ0) is 11.9.